The van der Waals surface area contributed by atoms with Gasteiger partial charge in [0.25, 0.3) is 5.78 Å². The Labute approximate surface area is 238 Å². The number of hydrogen-bond donors (Lipinski definition) is 2. The zero-order chi connectivity index (χ0) is 29.8. The number of amides is 1. The van der Waals surface area contributed by atoms with Crippen molar-refractivity contribution in [3.05, 3.63) is 93.8 Å². The number of imidazole rings is 1. The Hall–Kier alpha value is -4.46. The van der Waals surface area contributed by atoms with Gasteiger partial charge in [-0.05, 0) is 70.8 Å². The van der Waals surface area contributed by atoms with Crippen molar-refractivity contribution in [3.63, 3.8) is 0 Å². The van der Waals surface area contributed by atoms with Crippen LogP contribution in [0.5, 0.6) is 5.75 Å². The number of aromatic amines is 1. The zero-order valence-corrected chi connectivity index (χ0v) is 24.3. The molecule has 4 aromatic rings. The van der Waals surface area contributed by atoms with Gasteiger partial charge in [-0.25, -0.2) is 9.37 Å². The lowest BCUT2D eigenvalue weighted by Gasteiger charge is -2.25. The van der Waals surface area contributed by atoms with Crippen LogP contribution in [0.3, 0.4) is 0 Å². The molecule has 0 radical (unpaired) electrons. The van der Waals surface area contributed by atoms with Gasteiger partial charge in [0.2, 0.25) is 5.95 Å². The van der Waals surface area contributed by atoms with Gasteiger partial charge in [-0.1, -0.05) is 58.9 Å². The molecule has 0 aliphatic carbocycles. The van der Waals surface area contributed by atoms with Gasteiger partial charge in [0.1, 0.15) is 17.3 Å². The average molecular weight is 556 g/mol. The molecule has 41 heavy (non-hydrogen) atoms. The molecule has 7 nitrogen and oxygen atoms in total. The molecule has 1 atom stereocenters. The van der Waals surface area contributed by atoms with Gasteiger partial charge in [0.15, 0.2) is 0 Å². The topological polar surface area (TPSA) is 95.5 Å². The van der Waals surface area contributed by atoms with E-state index in [2.05, 4.69) is 30.7 Å². The number of fused-ring (bicyclic) bond motifs is 1. The fourth-order valence-corrected chi connectivity index (χ4v) is 5.34. The van der Waals surface area contributed by atoms with Crippen LogP contribution in [0.4, 0.5) is 10.3 Å². The first kappa shape index (κ1) is 28.1. The predicted octanol–water partition coefficient (Wildman–Crippen LogP) is 7.07. The molecule has 1 aromatic heterocycles. The third-order valence-corrected chi connectivity index (χ3v) is 7.65. The smallest absolute Gasteiger partial charge is 0.302 e. The van der Waals surface area contributed by atoms with E-state index in [1.807, 2.05) is 57.2 Å². The summed E-state index contributed by atoms with van der Waals surface area (Å²) in [6, 6.07) is 14.4. The van der Waals surface area contributed by atoms with Crippen molar-refractivity contribution < 1.29 is 23.8 Å². The number of aliphatic hydroxyl groups excluding tert-OH is 1. The monoisotopic (exact) mass is 555 g/mol. The lowest BCUT2D eigenvalue weighted by molar-refractivity contribution is -0.132. The van der Waals surface area contributed by atoms with Crippen LogP contribution in [-0.2, 0) is 15.0 Å². The highest BCUT2D eigenvalue weighted by Gasteiger charge is 2.48. The first-order chi connectivity index (χ1) is 19.3. The number of carbonyl (C=O) groups excluding carboxylic acids is 2. The van der Waals surface area contributed by atoms with Crippen LogP contribution in [0, 0.1) is 12.7 Å². The second-order valence-electron chi connectivity index (χ2n) is 11.8. The maximum atomic E-state index is 13.9. The van der Waals surface area contributed by atoms with E-state index in [1.54, 1.807) is 7.11 Å². The van der Waals surface area contributed by atoms with Crippen LogP contribution < -0.4 is 9.64 Å². The molecule has 2 heterocycles. The van der Waals surface area contributed by atoms with E-state index in [1.165, 1.54) is 23.1 Å². The molecule has 1 amide bonds. The Balaban J connectivity index is 1.75. The van der Waals surface area contributed by atoms with Gasteiger partial charge in [-0.2, -0.15) is 0 Å². The van der Waals surface area contributed by atoms with Crippen molar-refractivity contribution in [1.29, 1.82) is 0 Å². The van der Waals surface area contributed by atoms with Crippen molar-refractivity contribution in [2.24, 2.45) is 0 Å². The summed E-state index contributed by atoms with van der Waals surface area (Å²) in [5.74, 6) is -1.56. The number of ketones is 1. The first-order valence-corrected chi connectivity index (χ1v) is 13.6. The summed E-state index contributed by atoms with van der Waals surface area (Å²) in [5.41, 5.74) is 4.36. The van der Waals surface area contributed by atoms with Gasteiger partial charge in [-0.15, -0.1) is 0 Å². The van der Waals surface area contributed by atoms with E-state index >= 15 is 0 Å². The van der Waals surface area contributed by atoms with Gasteiger partial charge in [0, 0.05) is 5.56 Å². The number of H-pyrrole nitrogens is 1. The van der Waals surface area contributed by atoms with Crippen molar-refractivity contribution in [2.45, 2.75) is 58.9 Å². The third-order valence-electron chi connectivity index (χ3n) is 7.65. The summed E-state index contributed by atoms with van der Waals surface area (Å²) < 4.78 is 19.5. The van der Waals surface area contributed by atoms with Crippen molar-refractivity contribution in [3.8, 4) is 5.75 Å². The largest absolute Gasteiger partial charge is 0.507 e. The SMILES string of the molecule is COc1cc(C)c(/C(O)=C2\C(=O)C(=O)N(c3nc4ccc(F)cc4[nH]3)C2c2ccc(C(C)(C)C)cc2)cc1C(C)C. The number of carbonyl (C=O) groups is 2. The van der Waals surface area contributed by atoms with Crippen LogP contribution in [0.15, 0.2) is 60.2 Å². The number of nitrogens with zero attached hydrogens (tertiary/aromatic N) is 2. The van der Waals surface area contributed by atoms with Gasteiger partial charge in [0.05, 0.1) is 29.8 Å². The number of rotatable bonds is 5. The van der Waals surface area contributed by atoms with E-state index in [0.717, 1.165) is 11.1 Å². The number of ether oxygens (including phenoxy) is 1. The minimum atomic E-state index is -0.974. The Morgan fingerprint density at radius 3 is 2.37 bits per heavy atom. The average Bonchev–Trinajstić information content (AvgIpc) is 3.44. The summed E-state index contributed by atoms with van der Waals surface area (Å²) in [7, 11) is 1.59. The predicted molar refractivity (Wildman–Crippen MR) is 158 cm³/mol. The molecule has 1 aliphatic rings. The summed E-state index contributed by atoms with van der Waals surface area (Å²) >= 11 is 0. The first-order valence-electron chi connectivity index (χ1n) is 13.6. The quantitative estimate of drug-likeness (QED) is 0.156. The molecular formula is C33H34FN3O4. The number of anilines is 1. The van der Waals surface area contributed by atoms with Crippen molar-refractivity contribution >= 4 is 34.4 Å². The normalized spacial score (nSPS) is 17.2. The standard InChI is InChI=1S/C33H34FN3O4/c1-17(2)22-16-23(18(3)14-26(22)41-7)29(38)27-28(19-8-10-20(11-9-19)33(4,5)6)37(31(40)30(27)39)32-35-24-13-12-21(34)15-25(24)36-32/h8-17,28,38H,1-7H3,(H,35,36)/b29-27+. The molecular weight excluding hydrogens is 521 g/mol. The Morgan fingerprint density at radius 2 is 1.76 bits per heavy atom. The van der Waals surface area contributed by atoms with Crippen molar-refractivity contribution in [2.75, 3.05) is 12.0 Å². The lowest BCUT2D eigenvalue weighted by atomic mass is 9.85. The minimum Gasteiger partial charge on any atom is -0.507 e. The van der Waals surface area contributed by atoms with Crippen LogP contribution in [-0.4, -0.2) is 33.9 Å². The second-order valence-corrected chi connectivity index (χ2v) is 11.8. The van der Waals surface area contributed by atoms with E-state index in [0.29, 0.717) is 33.5 Å². The molecule has 5 rings (SSSR count). The molecule has 1 saturated heterocycles. The summed E-state index contributed by atoms with van der Waals surface area (Å²) in [5, 5.41) is 11.8. The molecule has 0 spiro atoms. The number of Topliss-reactive ketones (excluding diaryl/α,β-unsaturated/α-hetero) is 1. The van der Waals surface area contributed by atoms with Crippen LogP contribution in [0.1, 0.15) is 74.4 Å². The second kappa shape index (κ2) is 10.2. The molecule has 212 valence electrons. The van der Waals surface area contributed by atoms with Gasteiger partial charge < -0.3 is 14.8 Å². The van der Waals surface area contributed by atoms with Crippen LogP contribution >= 0.6 is 0 Å². The Bertz CT molecular complexity index is 1710. The van der Waals surface area contributed by atoms with Gasteiger partial charge >= 0.3 is 5.91 Å². The number of aliphatic hydroxyl groups is 1. The summed E-state index contributed by atoms with van der Waals surface area (Å²) in [4.78, 5) is 36.1. The number of methoxy groups -OCH3 is 1. The van der Waals surface area contributed by atoms with Crippen molar-refractivity contribution in [1.82, 2.24) is 9.97 Å². The fourth-order valence-electron chi connectivity index (χ4n) is 5.34. The molecule has 0 saturated carbocycles. The minimum absolute atomic E-state index is 0.0480. The Morgan fingerprint density at radius 1 is 1.07 bits per heavy atom. The lowest BCUT2D eigenvalue weighted by Crippen LogP contribution is -2.30. The number of hydrogen-bond acceptors (Lipinski definition) is 5. The molecule has 8 heteroatoms. The number of benzene rings is 3. The summed E-state index contributed by atoms with van der Waals surface area (Å²) in [6.07, 6.45) is 0. The van der Waals surface area contributed by atoms with E-state index in [-0.39, 0.29) is 28.6 Å². The Kier molecular flexibility index (Phi) is 6.97. The molecule has 1 aliphatic heterocycles. The van der Waals surface area contributed by atoms with E-state index in [9.17, 15) is 19.1 Å². The van der Waals surface area contributed by atoms with E-state index in [4.69, 9.17) is 4.74 Å². The highest BCUT2D eigenvalue weighted by molar-refractivity contribution is 6.51. The number of halogens is 1. The molecule has 3 aromatic carbocycles. The zero-order valence-electron chi connectivity index (χ0n) is 24.3. The maximum Gasteiger partial charge on any atom is 0.302 e. The number of nitrogens with one attached hydrogen (secondary N) is 1. The highest BCUT2D eigenvalue weighted by Crippen LogP contribution is 2.43. The number of aromatic nitrogens is 2. The molecule has 1 unspecified atom stereocenters. The third kappa shape index (κ3) is 4.88. The molecule has 0 bridgehead atoms. The summed E-state index contributed by atoms with van der Waals surface area (Å²) in [6.45, 7) is 12.1. The van der Waals surface area contributed by atoms with Crippen LogP contribution in [0.2, 0.25) is 0 Å². The van der Waals surface area contributed by atoms with E-state index < -0.39 is 23.5 Å². The van der Waals surface area contributed by atoms with Gasteiger partial charge in [-0.3, -0.25) is 14.5 Å². The molecule has 2 N–H and O–H groups in total. The fraction of sp³-hybridized carbons (Fsp3) is 0.303. The van der Waals surface area contributed by atoms with Crippen LogP contribution in [0.25, 0.3) is 16.8 Å². The molecule has 1 fully saturated rings. The number of aryl methyl sites for hydroxylation is 1. The maximum absolute atomic E-state index is 13.9. The highest BCUT2D eigenvalue weighted by atomic mass is 19.1.